The van der Waals surface area contributed by atoms with E-state index in [-0.39, 0.29) is 0 Å². The maximum atomic E-state index is 5.92. The van der Waals surface area contributed by atoms with E-state index in [4.69, 9.17) is 16.9 Å². The Hall–Kier alpha value is -1.62. The smallest absolute Gasteiger partial charge is 0.148 e. The molecule has 0 bridgehead atoms. The van der Waals surface area contributed by atoms with Crippen LogP contribution in [0.4, 0.5) is 5.69 Å². The molecule has 0 amide bonds. The lowest BCUT2D eigenvalue weighted by Crippen LogP contribution is -1.97. The molecule has 2 N–H and O–H groups in total. The molecule has 2 nitrogen and oxygen atoms in total. The van der Waals surface area contributed by atoms with E-state index in [1.54, 1.807) is 0 Å². The van der Waals surface area contributed by atoms with Gasteiger partial charge in [0, 0.05) is 11.8 Å². The van der Waals surface area contributed by atoms with E-state index in [2.05, 4.69) is 18.9 Å². The summed E-state index contributed by atoms with van der Waals surface area (Å²) in [6.45, 7) is 2.56. The van der Waals surface area contributed by atoms with Crippen LogP contribution in [0.25, 0.3) is 0 Å². The predicted molar refractivity (Wildman–Crippen MR) is 101 cm³/mol. The van der Waals surface area contributed by atoms with E-state index in [1.165, 1.54) is 69.8 Å². The minimum absolute atomic E-state index is 0.293. The largest absolute Gasteiger partial charge is 0.481 e. The molecule has 23 heavy (non-hydrogen) atoms. The van der Waals surface area contributed by atoms with Gasteiger partial charge in [-0.15, -0.1) is 6.42 Å². The van der Waals surface area contributed by atoms with Crippen LogP contribution in [0, 0.1) is 12.3 Å². The van der Waals surface area contributed by atoms with Crippen LogP contribution in [-0.2, 0) is 6.42 Å². The van der Waals surface area contributed by atoms with Gasteiger partial charge in [-0.1, -0.05) is 70.6 Å². The van der Waals surface area contributed by atoms with Crippen molar-refractivity contribution in [3.8, 4) is 18.1 Å². The zero-order valence-corrected chi connectivity index (χ0v) is 14.8. The summed E-state index contributed by atoms with van der Waals surface area (Å²) in [7, 11) is 0. The number of anilines is 1. The van der Waals surface area contributed by atoms with Gasteiger partial charge in [-0.05, 0) is 30.5 Å². The molecule has 1 rings (SSSR count). The summed E-state index contributed by atoms with van der Waals surface area (Å²) < 4.78 is 5.46. The number of aryl methyl sites for hydroxylation is 1. The molecular formula is C21H33NO. The third-order valence-electron chi connectivity index (χ3n) is 4.13. The lowest BCUT2D eigenvalue weighted by atomic mass is 10.0. The number of hydrogen-bond donors (Lipinski definition) is 1. The Morgan fingerprint density at radius 3 is 2.13 bits per heavy atom. The van der Waals surface area contributed by atoms with Crippen molar-refractivity contribution in [1.29, 1.82) is 0 Å². The Kier molecular flexibility index (Phi) is 10.9. The van der Waals surface area contributed by atoms with Gasteiger partial charge in [0.05, 0.1) is 0 Å². The molecule has 0 unspecified atom stereocenters. The maximum absolute atomic E-state index is 5.92. The SMILES string of the molecule is C#CCOc1cc(N)cc(CCCCCCCCCCCC)c1. The molecule has 1 aromatic rings. The summed E-state index contributed by atoms with van der Waals surface area (Å²) in [6, 6.07) is 5.93. The summed E-state index contributed by atoms with van der Waals surface area (Å²) in [6.07, 6.45) is 19.9. The number of hydrogen-bond acceptors (Lipinski definition) is 2. The molecule has 0 saturated heterocycles. The van der Waals surface area contributed by atoms with Gasteiger partial charge in [0.1, 0.15) is 12.4 Å². The molecule has 0 spiro atoms. The van der Waals surface area contributed by atoms with Crippen LogP contribution in [-0.4, -0.2) is 6.61 Å². The fraction of sp³-hybridized carbons (Fsp3) is 0.619. The second-order valence-corrected chi connectivity index (χ2v) is 6.34. The van der Waals surface area contributed by atoms with E-state index in [0.29, 0.717) is 6.61 Å². The first-order chi connectivity index (χ1) is 11.3. The zero-order chi connectivity index (χ0) is 16.8. The van der Waals surface area contributed by atoms with E-state index >= 15 is 0 Å². The summed E-state index contributed by atoms with van der Waals surface area (Å²) >= 11 is 0. The van der Waals surface area contributed by atoms with Crippen molar-refractivity contribution in [3.05, 3.63) is 23.8 Å². The standard InChI is InChI=1S/C21H33NO/c1-3-5-6-7-8-9-10-11-12-13-14-19-16-20(22)18-21(17-19)23-15-4-2/h2,16-18H,3,5-15,22H2,1H3. The minimum atomic E-state index is 0.293. The Labute approximate surface area is 142 Å². The van der Waals surface area contributed by atoms with Gasteiger partial charge in [-0.3, -0.25) is 0 Å². The van der Waals surface area contributed by atoms with Crippen molar-refractivity contribution in [2.24, 2.45) is 0 Å². The van der Waals surface area contributed by atoms with Crippen molar-refractivity contribution in [3.63, 3.8) is 0 Å². The first-order valence-corrected chi connectivity index (χ1v) is 9.22. The number of benzene rings is 1. The lowest BCUT2D eigenvalue weighted by Gasteiger charge is -2.08. The highest BCUT2D eigenvalue weighted by molar-refractivity contribution is 5.47. The highest BCUT2D eigenvalue weighted by Gasteiger charge is 2.01. The normalized spacial score (nSPS) is 10.4. The van der Waals surface area contributed by atoms with Crippen LogP contribution in [0.3, 0.4) is 0 Å². The Bertz CT molecular complexity index is 461. The Morgan fingerprint density at radius 1 is 0.913 bits per heavy atom. The highest BCUT2D eigenvalue weighted by atomic mass is 16.5. The summed E-state index contributed by atoms with van der Waals surface area (Å²) in [4.78, 5) is 0. The molecule has 0 aliphatic carbocycles. The summed E-state index contributed by atoms with van der Waals surface area (Å²) in [5, 5.41) is 0. The van der Waals surface area contributed by atoms with Gasteiger partial charge in [0.15, 0.2) is 0 Å². The van der Waals surface area contributed by atoms with E-state index in [9.17, 15) is 0 Å². The molecule has 128 valence electrons. The summed E-state index contributed by atoms with van der Waals surface area (Å²) in [5.41, 5.74) is 7.92. The Morgan fingerprint density at radius 2 is 1.52 bits per heavy atom. The molecule has 0 aromatic heterocycles. The van der Waals surface area contributed by atoms with Crippen LogP contribution in [0.5, 0.6) is 5.75 Å². The quantitative estimate of drug-likeness (QED) is 0.286. The van der Waals surface area contributed by atoms with Gasteiger partial charge in [-0.25, -0.2) is 0 Å². The second kappa shape index (κ2) is 12.9. The molecule has 0 aliphatic heterocycles. The number of ether oxygens (including phenoxy) is 1. The van der Waals surface area contributed by atoms with Crippen molar-refractivity contribution >= 4 is 5.69 Å². The summed E-state index contributed by atoms with van der Waals surface area (Å²) in [5.74, 6) is 3.26. The molecule has 0 atom stereocenters. The molecule has 0 heterocycles. The van der Waals surface area contributed by atoms with Crippen LogP contribution in [0.15, 0.2) is 18.2 Å². The highest BCUT2D eigenvalue weighted by Crippen LogP contribution is 2.21. The van der Waals surface area contributed by atoms with Crippen LogP contribution in [0.1, 0.15) is 76.7 Å². The first kappa shape index (κ1) is 19.4. The van der Waals surface area contributed by atoms with Crippen LogP contribution >= 0.6 is 0 Å². The van der Waals surface area contributed by atoms with Crippen molar-refractivity contribution in [2.75, 3.05) is 12.3 Å². The topological polar surface area (TPSA) is 35.2 Å². The van der Waals surface area contributed by atoms with E-state index in [0.717, 1.165) is 17.9 Å². The maximum Gasteiger partial charge on any atom is 0.148 e. The van der Waals surface area contributed by atoms with Crippen molar-refractivity contribution < 1.29 is 4.74 Å². The number of nitrogen functional groups attached to an aromatic ring is 1. The van der Waals surface area contributed by atoms with E-state index < -0.39 is 0 Å². The number of nitrogens with two attached hydrogens (primary N) is 1. The first-order valence-electron chi connectivity index (χ1n) is 9.22. The van der Waals surface area contributed by atoms with Crippen LogP contribution < -0.4 is 10.5 Å². The molecule has 1 aromatic carbocycles. The average Bonchev–Trinajstić information content (AvgIpc) is 2.54. The monoisotopic (exact) mass is 315 g/mol. The number of unbranched alkanes of at least 4 members (excludes halogenated alkanes) is 9. The van der Waals surface area contributed by atoms with E-state index in [1.807, 2.05) is 12.1 Å². The second-order valence-electron chi connectivity index (χ2n) is 6.34. The minimum Gasteiger partial charge on any atom is -0.481 e. The van der Waals surface area contributed by atoms with Gasteiger partial charge < -0.3 is 10.5 Å². The van der Waals surface area contributed by atoms with Gasteiger partial charge in [-0.2, -0.15) is 0 Å². The fourth-order valence-corrected chi connectivity index (χ4v) is 2.86. The number of terminal acetylenes is 1. The molecule has 0 radical (unpaired) electrons. The van der Waals surface area contributed by atoms with Gasteiger partial charge >= 0.3 is 0 Å². The molecule has 0 saturated carbocycles. The third kappa shape index (κ3) is 9.89. The van der Waals surface area contributed by atoms with Gasteiger partial charge in [0.2, 0.25) is 0 Å². The molecule has 2 heteroatoms. The lowest BCUT2D eigenvalue weighted by molar-refractivity contribution is 0.370. The van der Waals surface area contributed by atoms with Gasteiger partial charge in [0.25, 0.3) is 0 Å². The third-order valence-corrected chi connectivity index (χ3v) is 4.13. The molecule has 0 fully saturated rings. The predicted octanol–water partition coefficient (Wildman–Crippen LogP) is 5.74. The molecule has 0 aliphatic rings. The molecular weight excluding hydrogens is 282 g/mol. The van der Waals surface area contributed by atoms with Crippen molar-refractivity contribution in [1.82, 2.24) is 0 Å². The fourth-order valence-electron chi connectivity index (χ4n) is 2.86. The average molecular weight is 316 g/mol. The Balaban J connectivity index is 2.11. The zero-order valence-electron chi connectivity index (χ0n) is 14.8. The van der Waals surface area contributed by atoms with Crippen LogP contribution in [0.2, 0.25) is 0 Å². The number of rotatable bonds is 13. The van der Waals surface area contributed by atoms with Crippen molar-refractivity contribution in [2.45, 2.75) is 77.6 Å².